The van der Waals surface area contributed by atoms with E-state index in [9.17, 15) is 0 Å². The lowest BCUT2D eigenvalue weighted by Gasteiger charge is -2.12. The number of benzene rings is 1. The van der Waals surface area contributed by atoms with Crippen LogP contribution in [-0.4, -0.2) is 19.0 Å². The number of amidine groups is 1. The van der Waals surface area contributed by atoms with Crippen LogP contribution in [-0.2, 0) is 6.42 Å². The van der Waals surface area contributed by atoms with E-state index in [2.05, 4.69) is 16.5 Å². The lowest BCUT2D eigenvalue weighted by atomic mass is 10.1. The molecule has 1 aromatic carbocycles. The van der Waals surface area contributed by atoms with E-state index in [4.69, 9.17) is 10.6 Å². The van der Waals surface area contributed by atoms with Crippen molar-refractivity contribution in [3.05, 3.63) is 29.8 Å². The summed E-state index contributed by atoms with van der Waals surface area (Å²) in [5.41, 5.74) is 3.76. The highest BCUT2D eigenvalue weighted by Gasteiger charge is 2.26. The van der Waals surface area contributed by atoms with Crippen LogP contribution in [0.2, 0.25) is 0 Å². The summed E-state index contributed by atoms with van der Waals surface area (Å²) in [5, 5.41) is 0. The molecular formula is C10H13N3O. The second kappa shape index (κ2) is 3.67. The Balaban J connectivity index is 2.19. The van der Waals surface area contributed by atoms with Gasteiger partial charge in [-0.25, -0.2) is 5.84 Å². The van der Waals surface area contributed by atoms with Crippen LogP contribution in [0.15, 0.2) is 29.3 Å². The summed E-state index contributed by atoms with van der Waals surface area (Å²) in [6.07, 6.45) is 0.759. The third kappa shape index (κ3) is 1.44. The van der Waals surface area contributed by atoms with Gasteiger partial charge < -0.3 is 10.2 Å². The molecule has 0 bridgehead atoms. The molecule has 0 aromatic heterocycles. The molecule has 0 saturated carbocycles. The van der Waals surface area contributed by atoms with E-state index in [1.807, 2.05) is 18.2 Å². The molecule has 0 aliphatic carbocycles. The second-order valence-corrected chi connectivity index (χ2v) is 3.17. The maximum atomic E-state index is 5.68. The standard InChI is InChI=1S/C10H13N3O/c1-12-10(13-11)9-6-7-4-2-3-5-8(7)14-9/h2-5,9H,6,11H2,1H3,(H,12,13). The molecule has 4 nitrogen and oxygen atoms in total. The molecule has 0 fully saturated rings. The molecule has 3 N–H and O–H groups in total. The number of aliphatic imine (C=N–C) groups is 1. The highest BCUT2D eigenvalue weighted by Crippen LogP contribution is 2.28. The van der Waals surface area contributed by atoms with Gasteiger partial charge in [-0.05, 0) is 11.6 Å². The molecule has 4 heteroatoms. The monoisotopic (exact) mass is 191 g/mol. The van der Waals surface area contributed by atoms with Crippen LogP contribution >= 0.6 is 0 Å². The third-order valence-corrected chi connectivity index (χ3v) is 2.34. The first-order valence-electron chi connectivity index (χ1n) is 4.53. The number of ether oxygens (including phenoxy) is 1. The van der Waals surface area contributed by atoms with E-state index >= 15 is 0 Å². The van der Waals surface area contributed by atoms with Crippen molar-refractivity contribution in [1.29, 1.82) is 0 Å². The number of hydrogen-bond donors (Lipinski definition) is 2. The van der Waals surface area contributed by atoms with Gasteiger partial charge in [0, 0.05) is 13.5 Å². The summed E-state index contributed by atoms with van der Waals surface area (Å²) in [5.74, 6) is 6.94. The Bertz CT molecular complexity index is 337. The van der Waals surface area contributed by atoms with Crippen molar-refractivity contribution in [3.63, 3.8) is 0 Å². The van der Waals surface area contributed by atoms with Crippen molar-refractivity contribution < 1.29 is 4.74 Å². The van der Waals surface area contributed by atoms with Crippen molar-refractivity contribution in [2.75, 3.05) is 7.05 Å². The maximum absolute atomic E-state index is 5.68. The SMILES string of the molecule is CN=C(NN)C1Cc2ccccc2O1. The summed E-state index contributed by atoms with van der Waals surface area (Å²) < 4.78 is 5.68. The predicted molar refractivity (Wildman–Crippen MR) is 55.2 cm³/mol. The zero-order valence-corrected chi connectivity index (χ0v) is 8.03. The predicted octanol–water partition coefficient (Wildman–Crippen LogP) is 0.482. The van der Waals surface area contributed by atoms with Crippen LogP contribution in [0, 0.1) is 0 Å². The number of nitrogens with one attached hydrogen (secondary N) is 1. The molecule has 14 heavy (non-hydrogen) atoms. The van der Waals surface area contributed by atoms with Crippen LogP contribution in [0.5, 0.6) is 5.75 Å². The quantitative estimate of drug-likeness (QED) is 0.294. The number of nitrogens with zero attached hydrogens (tertiary/aromatic N) is 1. The zero-order valence-electron chi connectivity index (χ0n) is 8.03. The molecule has 1 unspecified atom stereocenters. The Kier molecular flexibility index (Phi) is 2.37. The summed E-state index contributed by atoms with van der Waals surface area (Å²) in [4.78, 5) is 4.03. The first-order chi connectivity index (χ1) is 6.85. The summed E-state index contributed by atoms with van der Waals surface area (Å²) >= 11 is 0. The first-order valence-corrected chi connectivity index (χ1v) is 4.53. The molecule has 1 aromatic rings. The van der Waals surface area contributed by atoms with Gasteiger partial charge in [0.2, 0.25) is 0 Å². The lowest BCUT2D eigenvalue weighted by Crippen LogP contribution is -2.41. The summed E-state index contributed by atoms with van der Waals surface area (Å²) in [7, 11) is 1.70. The van der Waals surface area contributed by atoms with Crippen LogP contribution in [0.3, 0.4) is 0 Å². The van der Waals surface area contributed by atoms with E-state index < -0.39 is 0 Å². The molecule has 74 valence electrons. The molecule has 2 rings (SSSR count). The van der Waals surface area contributed by atoms with E-state index in [1.165, 1.54) is 5.56 Å². The van der Waals surface area contributed by atoms with Gasteiger partial charge in [-0.3, -0.25) is 4.99 Å². The second-order valence-electron chi connectivity index (χ2n) is 3.17. The van der Waals surface area contributed by atoms with Gasteiger partial charge in [0.05, 0.1) is 0 Å². The number of para-hydroxylation sites is 1. The minimum atomic E-state index is -0.0672. The van der Waals surface area contributed by atoms with Gasteiger partial charge in [-0.1, -0.05) is 18.2 Å². The van der Waals surface area contributed by atoms with Crippen LogP contribution in [0.1, 0.15) is 5.56 Å². The third-order valence-electron chi connectivity index (χ3n) is 2.34. The number of rotatable bonds is 1. The summed E-state index contributed by atoms with van der Waals surface area (Å²) in [6.45, 7) is 0. The highest BCUT2D eigenvalue weighted by atomic mass is 16.5. The van der Waals surface area contributed by atoms with E-state index in [-0.39, 0.29) is 6.10 Å². The molecule has 0 amide bonds. The van der Waals surface area contributed by atoms with E-state index in [0.29, 0.717) is 5.84 Å². The Labute approximate surface area is 82.8 Å². The van der Waals surface area contributed by atoms with Crippen molar-refractivity contribution in [2.24, 2.45) is 10.8 Å². The number of nitrogens with two attached hydrogens (primary N) is 1. The molecule has 0 saturated heterocycles. The fraction of sp³-hybridized carbons (Fsp3) is 0.300. The van der Waals surface area contributed by atoms with Gasteiger partial charge in [-0.15, -0.1) is 0 Å². The van der Waals surface area contributed by atoms with E-state index in [0.717, 1.165) is 12.2 Å². The van der Waals surface area contributed by atoms with Gasteiger partial charge in [0.15, 0.2) is 11.9 Å². The van der Waals surface area contributed by atoms with Gasteiger partial charge in [0.1, 0.15) is 5.75 Å². The number of hydrazine groups is 1. The Morgan fingerprint density at radius 2 is 2.36 bits per heavy atom. The highest BCUT2D eigenvalue weighted by molar-refractivity contribution is 5.87. The topological polar surface area (TPSA) is 59.6 Å². The van der Waals surface area contributed by atoms with E-state index in [1.54, 1.807) is 7.05 Å². The lowest BCUT2D eigenvalue weighted by molar-refractivity contribution is 0.296. The molecule has 1 atom stereocenters. The normalized spacial score (nSPS) is 20.1. The Morgan fingerprint density at radius 3 is 3.00 bits per heavy atom. The van der Waals surface area contributed by atoms with Crippen LogP contribution < -0.4 is 16.0 Å². The van der Waals surface area contributed by atoms with Gasteiger partial charge in [0.25, 0.3) is 0 Å². The fourth-order valence-corrected chi connectivity index (χ4v) is 1.64. The Hall–Kier alpha value is -1.55. The molecule has 1 heterocycles. The molecule has 0 radical (unpaired) electrons. The maximum Gasteiger partial charge on any atom is 0.161 e. The largest absolute Gasteiger partial charge is 0.482 e. The number of fused-ring (bicyclic) bond motifs is 1. The minimum Gasteiger partial charge on any atom is -0.482 e. The molecule has 0 spiro atoms. The average molecular weight is 191 g/mol. The molecular weight excluding hydrogens is 178 g/mol. The average Bonchev–Trinajstić information content (AvgIpc) is 2.63. The fourth-order valence-electron chi connectivity index (χ4n) is 1.64. The van der Waals surface area contributed by atoms with Crippen molar-refractivity contribution in [3.8, 4) is 5.75 Å². The van der Waals surface area contributed by atoms with Crippen molar-refractivity contribution >= 4 is 5.84 Å². The van der Waals surface area contributed by atoms with Gasteiger partial charge >= 0.3 is 0 Å². The zero-order chi connectivity index (χ0) is 9.97. The van der Waals surface area contributed by atoms with Crippen molar-refractivity contribution in [2.45, 2.75) is 12.5 Å². The number of hydrogen-bond acceptors (Lipinski definition) is 3. The first kappa shape index (κ1) is 9.02. The van der Waals surface area contributed by atoms with Crippen molar-refractivity contribution in [1.82, 2.24) is 5.43 Å². The van der Waals surface area contributed by atoms with Crippen LogP contribution in [0.4, 0.5) is 0 Å². The van der Waals surface area contributed by atoms with Crippen LogP contribution in [0.25, 0.3) is 0 Å². The van der Waals surface area contributed by atoms with Gasteiger partial charge in [-0.2, -0.15) is 0 Å². The smallest absolute Gasteiger partial charge is 0.161 e. The molecule has 1 aliphatic heterocycles. The minimum absolute atomic E-state index is 0.0672. The Morgan fingerprint density at radius 1 is 1.57 bits per heavy atom. The molecule has 1 aliphatic rings. The summed E-state index contributed by atoms with van der Waals surface area (Å²) in [6, 6.07) is 7.97.